The zero-order chi connectivity index (χ0) is 17.2. The lowest BCUT2D eigenvalue weighted by Gasteiger charge is -2.23. The molecule has 0 radical (unpaired) electrons. The smallest absolute Gasteiger partial charge is 0.336 e. The van der Waals surface area contributed by atoms with Gasteiger partial charge in [0.2, 0.25) is 5.75 Å². The van der Waals surface area contributed by atoms with Crippen molar-refractivity contribution in [1.29, 1.82) is 0 Å². The van der Waals surface area contributed by atoms with Gasteiger partial charge in [0, 0.05) is 17.9 Å². The number of phenols is 1. The van der Waals surface area contributed by atoms with Crippen molar-refractivity contribution in [2.45, 2.75) is 25.6 Å². The summed E-state index contributed by atoms with van der Waals surface area (Å²) < 4.78 is 16.5. The van der Waals surface area contributed by atoms with Crippen LogP contribution in [0.15, 0.2) is 57.7 Å². The van der Waals surface area contributed by atoms with Crippen LogP contribution in [0.25, 0.3) is 22.1 Å². The van der Waals surface area contributed by atoms with E-state index in [1.54, 1.807) is 12.1 Å². The molecule has 2 heterocycles. The van der Waals surface area contributed by atoms with Gasteiger partial charge in [0.15, 0.2) is 17.6 Å². The zero-order valence-corrected chi connectivity index (χ0v) is 13.6. The van der Waals surface area contributed by atoms with Gasteiger partial charge in [-0.25, -0.2) is 4.79 Å². The lowest BCUT2D eigenvalue weighted by atomic mass is 10.0. The van der Waals surface area contributed by atoms with Gasteiger partial charge < -0.3 is 19.0 Å². The van der Waals surface area contributed by atoms with Gasteiger partial charge in [-0.05, 0) is 36.1 Å². The fourth-order valence-electron chi connectivity index (χ4n) is 3.09. The molecule has 0 bridgehead atoms. The lowest BCUT2D eigenvalue weighted by Crippen LogP contribution is -2.25. The average Bonchev–Trinajstić information content (AvgIpc) is 2.65. The van der Waals surface area contributed by atoms with Crippen molar-refractivity contribution in [2.75, 3.05) is 6.61 Å². The minimum absolute atomic E-state index is 0.125. The largest absolute Gasteiger partial charge is 0.502 e. The molecule has 1 aliphatic heterocycles. The second-order valence-electron chi connectivity index (χ2n) is 6.05. The average molecular weight is 338 g/mol. The van der Waals surface area contributed by atoms with Crippen LogP contribution < -0.4 is 10.4 Å². The van der Waals surface area contributed by atoms with Crippen molar-refractivity contribution < 1.29 is 19.0 Å². The topological polar surface area (TPSA) is 68.9 Å². The van der Waals surface area contributed by atoms with Crippen LogP contribution in [0, 0.1) is 0 Å². The number of benzene rings is 2. The molecule has 3 aromatic rings. The SMILES string of the molecule is O=c1cc(-c2ccccc2)c2ccc(OC3CCCCO3)c(O)c2o1. The molecule has 1 N–H and O–H groups in total. The summed E-state index contributed by atoms with van der Waals surface area (Å²) in [6, 6.07) is 14.4. The van der Waals surface area contributed by atoms with Crippen molar-refractivity contribution in [3.8, 4) is 22.6 Å². The minimum Gasteiger partial charge on any atom is -0.502 e. The number of phenolic OH excluding ortho intramolecular Hbond substituents is 1. The second kappa shape index (κ2) is 6.61. The van der Waals surface area contributed by atoms with E-state index in [1.165, 1.54) is 6.07 Å². The van der Waals surface area contributed by atoms with Gasteiger partial charge in [0.25, 0.3) is 0 Å². The summed E-state index contributed by atoms with van der Waals surface area (Å²) >= 11 is 0. The van der Waals surface area contributed by atoms with E-state index in [9.17, 15) is 9.90 Å². The van der Waals surface area contributed by atoms with Crippen LogP contribution in [0.2, 0.25) is 0 Å². The molecule has 25 heavy (non-hydrogen) atoms. The van der Waals surface area contributed by atoms with Crippen LogP contribution in [0.5, 0.6) is 11.5 Å². The van der Waals surface area contributed by atoms with Crippen molar-refractivity contribution in [3.05, 3.63) is 59.0 Å². The van der Waals surface area contributed by atoms with Crippen LogP contribution in [-0.4, -0.2) is 18.0 Å². The third kappa shape index (κ3) is 3.10. The molecule has 5 nitrogen and oxygen atoms in total. The van der Waals surface area contributed by atoms with E-state index in [1.807, 2.05) is 30.3 Å². The Morgan fingerprint density at radius 1 is 1.08 bits per heavy atom. The van der Waals surface area contributed by atoms with E-state index >= 15 is 0 Å². The minimum atomic E-state index is -0.521. The molecule has 128 valence electrons. The first-order chi connectivity index (χ1) is 12.2. The zero-order valence-electron chi connectivity index (χ0n) is 13.6. The van der Waals surface area contributed by atoms with Crippen molar-refractivity contribution in [3.63, 3.8) is 0 Å². The second-order valence-corrected chi connectivity index (χ2v) is 6.05. The maximum absolute atomic E-state index is 12.0. The van der Waals surface area contributed by atoms with E-state index < -0.39 is 5.63 Å². The van der Waals surface area contributed by atoms with Crippen LogP contribution >= 0.6 is 0 Å². The van der Waals surface area contributed by atoms with E-state index in [4.69, 9.17) is 13.9 Å². The molecule has 0 spiro atoms. The Morgan fingerprint density at radius 2 is 1.92 bits per heavy atom. The lowest BCUT2D eigenvalue weighted by molar-refractivity contribution is -0.106. The predicted molar refractivity (Wildman–Crippen MR) is 93.8 cm³/mol. The summed E-state index contributed by atoms with van der Waals surface area (Å²) in [5.41, 5.74) is 1.19. The maximum atomic E-state index is 12.0. The van der Waals surface area contributed by atoms with Gasteiger partial charge in [-0.15, -0.1) is 0 Å². The number of aromatic hydroxyl groups is 1. The van der Waals surface area contributed by atoms with Crippen LogP contribution in [-0.2, 0) is 4.74 Å². The number of rotatable bonds is 3. The molecule has 1 fully saturated rings. The molecule has 5 heteroatoms. The quantitative estimate of drug-likeness (QED) is 0.729. The summed E-state index contributed by atoms with van der Waals surface area (Å²) in [6.07, 6.45) is 2.41. The Labute approximate surface area is 144 Å². The molecule has 4 rings (SSSR count). The highest BCUT2D eigenvalue weighted by Gasteiger charge is 2.20. The summed E-state index contributed by atoms with van der Waals surface area (Å²) in [6.45, 7) is 0.645. The summed E-state index contributed by atoms with van der Waals surface area (Å²) in [5.74, 6) is 0.0781. The van der Waals surface area contributed by atoms with Gasteiger partial charge in [-0.3, -0.25) is 0 Å². The van der Waals surface area contributed by atoms with E-state index in [0.29, 0.717) is 17.6 Å². The first-order valence-electron chi connectivity index (χ1n) is 8.36. The van der Waals surface area contributed by atoms with E-state index in [0.717, 1.165) is 24.8 Å². The highest BCUT2D eigenvalue weighted by Crippen LogP contribution is 2.38. The first kappa shape index (κ1) is 15.7. The maximum Gasteiger partial charge on any atom is 0.336 e. The van der Waals surface area contributed by atoms with Gasteiger partial charge in [-0.2, -0.15) is 0 Å². The Hall–Kier alpha value is -2.79. The molecule has 0 saturated carbocycles. The number of hydrogen-bond donors (Lipinski definition) is 1. The first-order valence-corrected chi connectivity index (χ1v) is 8.36. The standard InChI is InChI=1S/C20H18O5/c21-17-12-15(13-6-2-1-3-7-13)14-9-10-16(19(22)20(14)25-17)24-18-8-4-5-11-23-18/h1-3,6-7,9-10,12,18,22H,4-5,8,11H2. The highest BCUT2D eigenvalue weighted by molar-refractivity contribution is 5.97. The Bertz CT molecular complexity index is 939. The molecule has 1 saturated heterocycles. The summed E-state index contributed by atoms with van der Waals surface area (Å²) in [5, 5.41) is 11.2. The van der Waals surface area contributed by atoms with Gasteiger partial charge >= 0.3 is 5.63 Å². The molecule has 1 unspecified atom stereocenters. The van der Waals surface area contributed by atoms with Crippen LogP contribution in [0.4, 0.5) is 0 Å². The molecule has 1 aromatic heterocycles. The Morgan fingerprint density at radius 3 is 2.68 bits per heavy atom. The highest BCUT2D eigenvalue weighted by atomic mass is 16.7. The molecular weight excluding hydrogens is 320 g/mol. The van der Waals surface area contributed by atoms with Crippen molar-refractivity contribution >= 4 is 11.0 Å². The third-order valence-corrected chi connectivity index (χ3v) is 4.33. The fraction of sp³-hybridized carbons (Fsp3) is 0.250. The molecule has 0 aliphatic carbocycles. The summed E-state index contributed by atoms with van der Waals surface area (Å²) in [7, 11) is 0. The third-order valence-electron chi connectivity index (χ3n) is 4.33. The molecular formula is C20H18O5. The molecule has 0 amide bonds. The van der Waals surface area contributed by atoms with E-state index in [2.05, 4.69) is 0 Å². The monoisotopic (exact) mass is 338 g/mol. The molecule has 1 aliphatic rings. The number of ether oxygens (including phenoxy) is 2. The van der Waals surface area contributed by atoms with Crippen LogP contribution in [0.3, 0.4) is 0 Å². The van der Waals surface area contributed by atoms with Gasteiger partial charge in [-0.1, -0.05) is 30.3 Å². The Kier molecular flexibility index (Phi) is 4.15. The normalized spacial score (nSPS) is 17.5. The molecule has 2 aromatic carbocycles. The number of fused-ring (bicyclic) bond motifs is 1. The Balaban J connectivity index is 1.80. The van der Waals surface area contributed by atoms with Gasteiger partial charge in [0.05, 0.1) is 6.61 Å². The van der Waals surface area contributed by atoms with Crippen LogP contribution in [0.1, 0.15) is 19.3 Å². The fourth-order valence-corrected chi connectivity index (χ4v) is 3.09. The summed E-state index contributed by atoms with van der Waals surface area (Å²) in [4.78, 5) is 12.0. The predicted octanol–water partition coefficient (Wildman–Crippen LogP) is 4.07. The molecule has 1 atom stereocenters. The van der Waals surface area contributed by atoms with Gasteiger partial charge in [0.1, 0.15) is 0 Å². The van der Waals surface area contributed by atoms with Crippen molar-refractivity contribution in [2.24, 2.45) is 0 Å². The van der Waals surface area contributed by atoms with Crippen molar-refractivity contribution in [1.82, 2.24) is 0 Å². The number of hydrogen-bond acceptors (Lipinski definition) is 5. The van der Waals surface area contributed by atoms with E-state index in [-0.39, 0.29) is 23.4 Å².